The zero-order chi connectivity index (χ0) is 24.0. The molecule has 33 heavy (non-hydrogen) atoms. The highest BCUT2D eigenvalue weighted by Crippen LogP contribution is 2.28. The molecule has 0 aliphatic rings. The summed E-state index contributed by atoms with van der Waals surface area (Å²) in [6, 6.07) is 17.9. The quantitative estimate of drug-likeness (QED) is 0.294. The molecule has 1 amide bonds. The van der Waals surface area contributed by atoms with Crippen molar-refractivity contribution in [1.82, 2.24) is 9.73 Å². The van der Waals surface area contributed by atoms with E-state index in [9.17, 15) is 13.2 Å². The van der Waals surface area contributed by atoms with Crippen molar-refractivity contribution in [2.45, 2.75) is 11.4 Å². The van der Waals surface area contributed by atoms with Crippen molar-refractivity contribution in [1.29, 1.82) is 0 Å². The third-order valence-corrected chi connectivity index (χ3v) is 7.75. The summed E-state index contributed by atoms with van der Waals surface area (Å²) in [6.07, 6.45) is 1.32. The number of halogens is 4. The fraction of sp³-hybridized carbons (Fsp3) is 0.0909. The zero-order valence-corrected chi connectivity index (χ0v) is 20.7. The molecule has 0 atom stereocenters. The van der Waals surface area contributed by atoms with Crippen molar-refractivity contribution in [2.75, 3.05) is 6.54 Å². The number of benzene rings is 3. The molecule has 6 nitrogen and oxygen atoms in total. The Kier molecular flexibility index (Phi) is 8.75. The van der Waals surface area contributed by atoms with Gasteiger partial charge in [0.25, 0.3) is 5.91 Å². The fourth-order valence-electron chi connectivity index (χ4n) is 2.82. The van der Waals surface area contributed by atoms with E-state index in [1.807, 2.05) is 0 Å². The minimum absolute atomic E-state index is 0.00788. The van der Waals surface area contributed by atoms with E-state index in [1.54, 1.807) is 48.5 Å². The monoisotopic (exact) mass is 543 g/mol. The van der Waals surface area contributed by atoms with Gasteiger partial charge in [-0.3, -0.25) is 4.79 Å². The van der Waals surface area contributed by atoms with Gasteiger partial charge >= 0.3 is 0 Å². The molecule has 1 N–H and O–H groups in total. The van der Waals surface area contributed by atoms with Crippen molar-refractivity contribution in [3.8, 4) is 0 Å². The van der Waals surface area contributed by atoms with Gasteiger partial charge in [-0.1, -0.05) is 88.9 Å². The van der Waals surface area contributed by atoms with E-state index < -0.39 is 22.5 Å². The molecule has 0 spiro atoms. The molecule has 172 valence electrons. The molecule has 0 aliphatic carbocycles. The predicted molar refractivity (Wildman–Crippen MR) is 133 cm³/mol. The van der Waals surface area contributed by atoms with E-state index >= 15 is 0 Å². The van der Waals surface area contributed by atoms with Gasteiger partial charge < -0.3 is 0 Å². The van der Waals surface area contributed by atoms with Crippen LogP contribution in [0.25, 0.3) is 0 Å². The molecule has 0 radical (unpaired) electrons. The number of rotatable bonds is 8. The summed E-state index contributed by atoms with van der Waals surface area (Å²) >= 11 is 24.2. The second kappa shape index (κ2) is 11.3. The van der Waals surface area contributed by atoms with Crippen LogP contribution < -0.4 is 5.43 Å². The van der Waals surface area contributed by atoms with Crippen LogP contribution in [0.2, 0.25) is 20.1 Å². The first-order valence-electron chi connectivity index (χ1n) is 9.43. The highest BCUT2D eigenvalue weighted by Gasteiger charge is 2.29. The van der Waals surface area contributed by atoms with E-state index in [-0.39, 0.29) is 26.5 Å². The highest BCUT2D eigenvalue weighted by atomic mass is 35.5. The van der Waals surface area contributed by atoms with Gasteiger partial charge in [0, 0.05) is 17.1 Å². The Hall–Kier alpha value is -2.13. The van der Waals surface area contributed by atoms with Crippen LogP contribution in [-0.2, 0) is 21.4 Å². The van der Waals surface area contributed by atoms with Crippen LogP contribution in [0.1, 0.15) is 11.1 Å². The number of amides is 1. The van der Waals surface area contributed by atoms with Gasteiger partial charge in [0.05, 0.1) is 27.8 Å². The maximum Gasteiger partial charge on any atom is 0.255 e. The van der Waals surface area contributed by atoms with Crippen LogP contribution in [0.3, 0.4) is 0 Å². The first-order chi connectivity index (χ1) is 15.7. The second-order valence-corrected chi connectivity index (χ2v) is 10.3. The molecule has 3 aromatic rings. The number of carbonyl (C=O) groups excluding carboxylic acids is 1. The molecule has 0 bridgehead atoms. The number of carbonyl (C=O) groups is 1. The van der Waals surface area contributed by atoms with Crippen molar-refractivity contribution in [3.05, 3.63) is 97.9 Å². The molecule has 3 aromatic carbocycles. The van der Waals surface area contributed by atoms with Crippen molar-refractivity contribution < 1.29 is 13.2 Å². The van der Waals surface area contributed by atoms with Gasteiger partial charge in [0.15, 0.2) is 0 Å². The molecular weight excluding hydrogens is 528 g/mol. The second-order valence-electron chi connectivity index (χ2n) is 6.77. The summed E-state index contributed by atoms with van der Waals surface area (Å²) < 4.78 is 27.7. The summed E-state index contributed by atoms with van der Waals surface area (Å²) in [5.41, 5.74) is 3.48. The number of hydrazone groups is 1. The summed E-state index contributed by atoms with van der Waals surface area (Å²) in [5, 5.41) is 4.66. The number of hydrogen-bond acceptors (Lipinski definition) is 4. The Bertz CT molecular complexity index is 1290. The Morgan fingerprint density at radius 3 is 2.39 bits per heavy atom. The van der Waals surface area contributed by atoms with Crippen LogP contribution in [-0.4, -0.2) is 31.4 Å². The molecule has 0 aromatic heterocycles. The molecule has 0 aliphatic heterocycles. The maximum atomic E-state index is 13.4. The van der Waals surface area contributed by atoms with Crippen LogP contribution >= 0.6 is 46.4 Å². The largest absolute Gasteiger partial charge is 0.272 e. The third kappa shape index (κ3) is 6.69. The van der Waals surface area contributed by atoms with Gasteiger partial charge in [0.2, 0.25) is 10.0 Å². The maximum absolute atomic E-state index is 13.4. The lowest BCUT2D eigenvalue weighted by atomic mass is 10.2. The number of sulfonamides is 1. The van der Waals surface area contributed by atoms with Crippen LogP contribution in [0.4, 0.5) is 0 Å². The summed E-state index contributed by atoms with van der Waals surface area (Å²) in [5.74, 6) is -0.665. The van der Waals surface area contributed by atoms with Gasteiger partial charge in [-0.15, -0.1) is 0 Å². The van der Waals surface area contributed by atoms with Crippen molar-refractivity contribution in [3.63, 3.8) is 0 Å². The Morgan fingerprint density at radius 1 is 0.939 bits per heavy atom. The lowest BCUT2D eigenvalue weighted by molar-refractivity contribution is -0.121. The lowest BCUT2D eigenvalue weighted by Gasteiger charge is -2.22. The topological polar surface area (TPSA) is 78.8 Å². The Labute approximate surface area is 211 Å². The van der Waals surface area contributed by atoms with Crippen molar-refractivity contribution in [2.24, 2.45) is 5.10 Å². The first kappa shape index (κ1) is 25.5. The Morgan fingerprint density at radius 2 is 1.67 bits per heavy atom. The smallest absolute Gasteiger partial charge is 0.255 e. The molecule has 3 rings (SSSR count). The van der Waals surface area contributed by atoms with Gasteiger partial charge in [-0.2, -0.15) is 9.41 Å². The third-order valence-electron chi connectivity index (χ3n) is 4.41. The summed E-state index contributed by atoms with van der Waals surface area (Å²) in [6.45, 7) is -0.579. The van der Waals surface area contributed by atoms with Crippen LogP contribution in [0.5, 0.6) is 0 Å². The molecule has 0 fully saturated rings. The number of nitrogens with one attached hydrogen (secondary N) is 1. The van der Waals surface area contributed by atoms with Gasteiger partial charge in [-0.25, -0.2) is 13.8 Å². The lowest BCUT2D eigenvalue weighted by Crippen LogP contribution is -2.39. The predicted octanol–water partition coefficient (Wildman–Crippen LogP) is 5.64. The summed E-state index contributed by atoms with van der Waals surface area (Å²) in [7, 11) is -4.17. The number of hydrogen-bond donors (Lipinski definition) is 1. The van der Waals surface area contributed by atoms with E-state index in [2.05, 4.69) is 10.5 Å². The molecule has 11 heteroatoms. The molecule has 0 saturated heterocycles. The standard InChI is InChI=1S/C22H17Cl4N3O3S/c23-17-9-10-18(24)20(11-17)33(31,32)29(13-15-5-2-1-3-6-15)14-21(30)28-27-12-16-7-4-8-19(25)22(16)26/h1-12H,13-14H2,(H,28,30)/b27-12+. The van der Waals surface area contributed by atoms with E-state index in [1.165, 1.54) is 24.4 Å². The van der Waals surface area contributed by atoms with Gasteiger partial charge in [-0.05, 0) is 29.8 Å². The molecular formula is C22H17Cl4N3O3S. The van der Waals surface area contributed by atoms with Crippen LogP contribution in [0.15, 0.2) is 76.7 Å². The zero-order valence-electron chi connectivity index (χ0n) is 16.9. The van der Waals surface area contributed by atoms with Crippen LogP contribution in [0, 0.1) is 0 Å². The molecule has 0 unspecified atom stereocenters. The molecule has 0 heterocycles. The van der Waals surface area contributed by atoms with Crippen molar-refractivity contribution >= 4 is 68.5 Å². The van der Waals surface area contributed by atoms with E-state index in [0.29, 0.717) is 16.1 Å². The van der Waals surface area contributed by atoms with Gasteiger partial charge in [0.1, 0.15) is 4.90 Å². The average molecular weight is 545 g/mol. The summed E-state index contributed by atoms with van der Waals surface area (Å²) in [4.78, 5) is 12.4. The minimum atomic E-state index is -4.17. The minimum Gasteiger partial charge on any atom is -0.272 e. The number of nitrogens with zero attached hydrogens (tertiary/aromatic N) is 2. The SMILES string of the molecule is O=C(CN(Cc1ccccc1)S(=O)(=O)c1cc(Cl)ccc1Cl)N/N=C/c1cccc(Cl)c1Cl. The normalized spacial score (nSPS) is 11.8. The fourth-order valence-corrected chi connectivity index (χ4v) is 5.29. The molecule has 0 saturated carbocycles. The first-order valence-corrected chi connectivity index (χ1v) is 12.4. The van der Waals surface area contributed by atoms with E-state index in [0.717, 1.165) is 4.31 Å². The Balaban J connectivity index is 1.83. The van der Waals surface area contributed by atoms with E-state index in [4.69, 9.17) is 46.4 Å². The highest BCUT2D eigenvalue weighted by molar-refractivity contribution is 7.89. The average Bonchev–Trinajstić information content (AvgIpc) is 2.78.